The van der Waals surface area contributed by atoms with Gasteiger partial charge in [0.15, 0.2) is 0 Å². The van der Waals surface area contributed by atoms with Crippen LogP contribution in [0.2, 0.25) is 0 Å². The monoisotopic (exact) mass is 287 g/mol. The molecule has 0 saturated heterocycles. The quantitative estimate of drug-likeness (QED) is 0.773. The van der Waals surface area contributed by atoms with Gasteiger partial charge in [-0.3, -0.25) is 0 Å². The average Bonchev–Trinajstić information content (AvgIpc) is 2.73. The molecule has 1 nitrogen and oxygen atoms in total. The molecule has 2 rings (SSSR count). The van der Waals surface area contributed by atoms with Gasteiger partial charge in [-0.15, -0.1) is 0 Å². The summed E-state index contributed by atoms with van der Waals surface area (Å²) >= 11 is 0. The van der Waals surface area contributed by atoms with Gasteiger partial charge in [-0.2, -0.15) is 0 Å². The highest BCUT2D eigenvalue weighted by atomic mass is 14.9. The van der Waals surface area contributed by atoms with Gasteiger partial charge < -0.3 is 5.32 Å². The van der Waals surface area contributed by atoms with Crippen LogP contribution in [0.5, 0.6) is 0 Å². The highest BCUT2D eigenvalue weighted by Crippen LogP contribution is 2.45. The fraction of sp³-hybridized carbons (Fsp3) is 0.700. The Bertz CT molecular complexity index is 441. The maximum atomic E-state index is 3.85. The fourth-order valence-corrected chi connectivity index (χ4v) is 4.23. The molecule has 118 valence electrons. The van der Waals surface area contributed by atoms with Crippen LogP contribution in [-0.2, 0) is 6.42 Å². The third-order valence-electron chi connectivity index (χ3n) is 5.22. The van der Waals surface area contributed by atoms with Crippen molar-refractivity contribution in [3.8, 4) is 0 Å². The third-order valence-corrected chi connectivity index (χ3v) is 5.22. The zero-order chi connectivity index (χ0) is 15.5. The first-order valence-corrected chi connectivity index (χ1v) is 8.73. The van der Waals surface area contributed by atoms with Crippen LogP contribution in [0.3, 0.4) is 0 Å². The van der Waals surface area contributed by atoms with Crippen molar-refractivity contribution in [2.45, 2.75) is 72.8 Å². The van der Waals surface area contributed by atoms with Crippen molar-refractivity contribution in [3.05, 3.63) is 34.9 Å². The van der Waals surface area contributed by atoms with E-state index in [2.05, 4.69) is 58.1 Å². The van der Waals surface area contributed by atoms with Gasteiger partial charge in [0.05, 0.1) is 0 Å². The van der Waals surface area contributed by atoms with Crippen molar-refractivity contribution in [2.24, 2.45) is 11.3 Å². The Kier molecular flexibility index (Phi) is 5.48. The number of hydrogen-bond donors (Lipinski definition) is 1. The van der Waals surface area contributed by atoms with Crippen LogP contribution >= 0.6 is 0 Å². The summed E-state index contributed by atoms with van der Waals surface area (Å²) in [6, 6.07) is 7.64. The minimum Gasteiger partial charge on any atom is -0.313 e. The first-order valence-electron chi connectivity index (χ1n) is 8.73. The molecule has 21 heavy (non-hydrogen) atoms. The van der Waals surface area contributed by atoms with Crippen LogP contribution in [-0.4, -0.2) is 12.6 Å². The Morgan fingerprint density at radius 2 is 1.86 bits per heavy atom. The molecule has 0 aromatic heterocycles. The SMILES string of the molecule is CCCNC(Cc1cc(C)cc(C)c1)C1CCCC1(C)C. The number of hydrogen-bond acceptors (Lipinski definition) is 1. The zero-order valence-electron chi connectivity index (χ0n) is 14.6. The maximum absolute atomic E-state index is 3.85. The van der Waals surface area contributed by atoms with Crippen LogP contribution in [0.25, 0.3) is 0 Å². The van der Waals surface area contributed by atoms with E-state index in [1.807, 2.05) is 0 Å². The fourth-order valence-electron chi connectivity index (χ4n) is 4.23. The second-order valence-electron chi connectivity index (χ2n) is 7.75. The number of rotatable bonds is 6. The van der Waals surface area contributed by atoms with Crippen LogP contribution in [0.1, 0.15) is 63.1 Å². The lowest BCUT2D eigenvalue weighted by Crippen LogP contribution is -2.42. The zero-order valence-corrected chi connectivity index (χ0v) is 14.6. The molecule has 1 aromatic carbocycles. The summed E-state index contributed by atoms with van der Waals surface area (Å²) in [5.74, 6) is 0.810. The number of nitrogens with one attached hydrogen (secondary N) is 1. The first kappa shape index (κ1) is 16.5. The van der Waals surface area contributed by atoms with Gasteiger partial charge in [-0.1, -0.05) is 56.5 Å². The Hall–Kier alpha value is -0.820. The molecular formula is C20H33N. The molecule has 1 saturated carbocycles. The number of aryl methyl sites for hydroxylation is 2. The minimum absolute atomic E-state index is 0.490. The second kappa shape index (κ2) is 6.96. The summed E-state index contributed by atoms with van der Waals surface area (Å²) in [4.78, 5) is 0. The van der Waals surface area contributed by atoms with E-state index < -0.39 is 0 Å². The normalized spacial score (nSPS) is 22.4. The van der Waals surface area contributed by atoms with Crippen molar-refractivity contribution in [1.82, 2.24) is 5.32 Å². The molecule has 0 radical (unpaired) electrons. The van der Waals surface area contributed by atoms with Crippen molar-refractivity contribution in [1.29, 1.82) is 0 Å². The Balaban J connectivity index is 2.16. The van der Waals surface area contributed by atoms with E-state index in [-0.39, 0.29) is 0 Å². The summed E-state index contributed by atoms with van der Waals surface area (Å²) in [6.45, 7) is 12.8. The van der Waals surface area contributed by atoms with Gasteiger partial charge in [0, 0.05) is 6.04 Å². The molecule has 0 bridgehead atoms. The summed E-state index contributed by atoms with van der Waals surface area (Å²) < 4.78 is 0. The van der Waals surface area contributed by atoms with Gasteiger partial charge in [0.2, 0.25) is 0 Å². The predicted molar refractivity (Wildman–Crippen MR) is 92.8 cm³/mol. The van der Waals surface area contributed by atoms with Gasteiger partial charge in [0.25, 0.3) is 0 Å². The van der Waals surface area contributed by atoms with E-state index in [4.69, 9.17) is 0 Å². The lowest BCUT2D eigenvalue weighted by Gasteiger charge is -2.35. The topological polar surface area (TPSA) is 12.0 Å². The third kappa shape index (κ3) is 4.32. The standard InChI is InChI=1S/C20H33N/c1-6-10-21-19(18-8-7-9-20(18,4)5)14-17-12-15(2)11-16(3)13-17/h11-13,18-19,21H,6-10,14H2,1-5H3. The summed E-state index contributed by atoms with van der Waals surface area (Å²) in [7, 11) is 0. The molecule has 0 spiro atoms. The molecule has 1 aliphatic rings. The highest BCUT2D eigenvalue weighted by molar-refractivity contribution is 5.29. The van der Waals surface area contributed by atoms with Gasteiger partial charge in [-0.05, 0) is 63.0 Å². The molecule has 0 aliphatic heterocycles. The summed E-state index contributed by atoms with van der Waals surface area (Å²) in [5, 5.41) is 3.85. The molecule has 0 heterocycles. The molecule has 1 heteroatoms. The molecule has 1 N–H and O–H groups in total. The van der Waals surface area contributed by atoms with Gasteiger partial charge in [0.1, 0.15) is 0 Å². The van der Waals surface area contributed by atoms with Crippen molar-refractivity contribution >= 4 is 0 Å². The van der Waals surface area contributed by atoms with E-state index >= 15 is 0 Å². The molecule has 1 fully saturated rings. The lowest BCUT2D eigenvalue weighted by molar-refractivity contribution is 0.195. The van der Waals surface area contributed by atoms with Crippen LogP contribution in [0.15, 0.2) is 18.2 Å². The van der Waals surface area contributed by atoms with E-state index in [1.165, 1.54) is 48.8 Å². The van der Waals surface area contributed by atoms with Crippen LogP contribution < -0.4 is 5.32 Å². The summed E-state index contributed by atoms with van der Waals surface area (Å²) in [6.07, 6.45) is 6.57. The molecule has 2 atom stereocenters. The Labute approximate surface area is 131 Å². The Morgan fingerprint density at radius 3 is 2.38 bits per heavy atom. The smallest absolute Gasteiger partial charge is 0.0141 e. The molecule has 2 unspecified atom stereocenters. The van der Waals surface area contributed by atoms with E-state index in [0.717, 1.165) is 12.5 Å². The van der Waals surface area contributed by atoms with Crippen LogP contribution in [0, 0.1) is 25.2 Å². The minimum atomic E-state index is 0.490. The summed E-state index contributed by atoms with van der Waals surface area (Å²) in [5.41, 5.74) is 4.78. The number of benzene rings is 1. The predicted octanol–water partition coefficient (Wildman–Crippen LogP) is 5.04. The molecule has 1 aromatic rings. The second-order valence-corrected chi connectivity index (χ2v) is 7.75. The molecule has 0 amide bonds. The van der Waals surface area contributed by atoms with E-state index in [0.29, 0.717) is 11.5 Å². The van der Waals surface area contributed by atoms with Crippen molar-refractivity contribution in [2.75, 3.05) is 6.54 Å². The first-order chi connectivity index (χ1) is 9.92. The molecular weight excluding hydrogens is 254 g/mol. The molecule has 1 aliphatic carbocycles. The van der Waals surface area contributed by atoms with Gasteiger partial charge in [-0.25, -0.2) is 0 Å². The van der Waals surface area contributed by atoms with E-state index in [1.54, 1.807) is 0 Å². The average molecular weight is 287 g/mol. The van der Waals surface area contributed by atoms with E-state index in [9.17, 15) is 0 Å². The van der Waals surface area contributed by atoms with Crippen LogP contribution in [0.4, 0.5) is 0 Å². The highest BCUT2D eigenvalue weighted by Gasteiger charge is 2.39. The van der Waals surface area contributed by atoms with Crippen molar-refractivity contribution < 1.29 is 0 Å². The van der Waals surface area contributed by atoms with Gasteiger partial charge >= 0.3 is 0 Å². The largest absolute Gasteiger partial charge is 0.313 e. The van der Waals surface area contributed by atoms with Crippen molar-refractivity contribution in [3.63, 3.8) is 0 Å². The Morgan fingerprint density at radius 1 is 1.19 bits per heavy atom. The maximum Gasteiger partial charge on any atom is 0.0141 e. The lowest BCUT2D eigenvalue weighted by atomic mass is 9.75.